The van der Waals surface area contributed by atoms with Gasteiger partial charge in [0.15, 0.2) is 5.65 Å². The molecule has 2 N–H and O–H groups in total. The maximum absolute atomic E-state index is 14.2. The van der Waals surface area contributed by atoms with Crippen LogP contribution in [-0.4, -0.2) is 80.5 Å². The predicted molar refractivity (Wildman–Crippen MR) is 102 cm³/mol. The Morgan fingerprint density at radius 1 is 1.28 bits per heavy atom. The number of morpholine rings is 1. The number of fused-ring (bicyclic) bond motifs is 3. The Morgan fingerprint density at radius 3 is 2.90 bits per heavy atom. The average molecular weight is 400 g/mol. The summed E-state index contributed by atoms with van der Waals surface area (Å²) >= 11 is 0. The molecule has 0 aliphatic carbocycles. The molecule has 4 atom stereocenters. The Bertz CT molecular complexity index is 1010. The van der Waals surface area contributed by atoms with E-state index in [1.54, 1.807) is 17.0 Å². The highest BCUT2D eigenvalue weighted by Crippen LogP contribution is 2.37. The summed E-state index contributed by atoms with van der Waals surface area (Å²) in [6.45, 7) is 2.19. The van der Waals surface area contributed by atoms with Crippen LogP contribution in [0.2, 0.25) is 0 Å². The molecule has 7 rings (SSSR count). The normalized spacial score (nSPS) is 29.1. The van der Waals surface area contributed by atoms with Crippen molar-refractivity contribution in [2.75, 3.05) is 36.5 Å². The van der Waals surface area contributed by atoms with Gasteiger partial charge in [-0.2, -0.15) is 14.6 Å². The summed E-state index contributed by atoms with van der Waals surface area (Å²) in [6.07, 6.45) is 6.26. The van der Waals surface area contributed by atoms with Gasteiger partial charge in [0, 0.05) is 37.9 Å². The van der Waals surface area contributed by atoms with Crippen LogP contribution in [0.3, 0.4) is 0 Å². The Kier molecular flexibility index (Phi) is 3.91. The predicted octanol–water partition coefficient (Wildman–Crippen LogP) is 1.03. The smallest absolute Gasteiger partial charge is 0.243 e. The average Bonchev–Trinajstić information content (AvgIpc) is 3.38. The first-order valence-electron chi connectivity index (χ1n) is 9.88. The molecule has 0 amide bonds. The number of aromatic nitrogens is 6. The van der Waals surface area contributed by atoms with Gasteiger partial charge in [0.25, 0.3) is 0 Å². The summed E-state index contributed by atoms with van der Waals surface area (Å²) in [5, 5.41) is 14.5. The lowest BCUT2D eigenvalue weighted by molar-refractivity contribution is -0.133. The molecule has 4 aliphatic rings. The van der Waals surface area contributed by atoms with Gasteiger partial charge in [-0.25, -0.2) is 9.37 Å². The van der Waals surface area contributed by atoms with Crippen molar-refractivity contribution in [3.63, 3.8) is 0 Å². The van der Waals surface area contributed by atoms with E-state index in [9.17, 15) is 4.39 Å². The van der Waals surface area contributed by atoms with Crippen molar-refractivity contribution < 1.29 is 13.9 Å². The minimum atomic E-state index is -1.08. The first-order valence-corrected chi connectivity index (χ1v) is 9.88. The quantitative estimate of drug-likeness (QED) is 0.669. The highest BCUT2D eigenvalue weighted by Gasteiger charge is 2.40. The fraction of sp³-hybridized carbons (Fsp3) is 0.556. The summed E-state index contributed by atoms with van der Waals surface area (Å²) in [7, 11) is 0. The number of nitrogens with zero attached hydrogens (tertiary/aromatic N) is 6. The molecule has 4 fully saturated rings. The monoisotopic (exact) mass is 400 g/mol. The zero-order valence-corrected chi connectivity index (χ0v) is 15.7. The van der Waals surface area contributed by atoms with Crippen LogP contribution in [0.1, 0.15) is 12.8 Å². The van der Waals surface area contributed by atoms with Crippen molar-refractivity contribution in [2.24, 2.45) is 0 Å². The first kappa shape index (κ1) is 17.1. The number of hydrogen-bond donors (Lipinski definition) is 2. The fourth-order valence-corrected chi connectivity index (χ4v) is 4.36. The number of nitrogens with one attached hydrogen (secondary N) is 2. The summed E-state index contributed by atoms with van der Waals surface area (Å²) in [6, 6.07) is -0.359. The molecule has 10 nitrogen and oxygen atoms in total. The highest BCUT2D eigenvalue weighted by molar-refractivity contribution is 5.85. The Hall–Kier alpha value is -2.79. The standard InChI is InChI=1S/C18H21FN8O2/c19-13-8-28-2-1-14(13)23-18-24-17-16(26-6-11-3-12(7-26)29-11)15(10-4-21-22-5-10)20-9-27(17)25-18/h4-5,9,11-14H,1-3,6-8H2,(H,21,22)(H,23,25)/t11?,12?,13-,14+/m1/s1. The van der Waals surface area contributed by atoms with E-state index in [0.29, 0.717) is 24.6 Å². The van der Waals surface area contributed by atoms with Gasteiger partial charge >= 0.3 is 0 Å². The summed E-state index contributed by atoms with van der Waals surface area (Å²) < 4.78 is 26.8. The molecular weight excluding hydrogens is 379 g/mol. The van der Waals surface area contributed by atoms with Crippen LogP contribution < -0.4 is 10.2 Å². The second kappa shape index (κ2) is 6.63. The zero-order chi connectivity index (χ0) is 19.4. The third kappa shape index (κ3) is 2.92. The molecule has 2 unspecified atom stereocenters. The molecule has 0 spiro atoms. The minimum Gasteiger partial charge on any atom is -0.378 e. The van der Waals surface area contributed by atoms with Crippen LogP contribution in [0, 0.1) is 0 Å². The van der Waals surface area contributed by atoms with Crippen molar-refractivity contribution in [1.29, 1.82) is 0 Å². The van der Waals surface area contributed by atoms with E-state index in [0.717, 1.165) is 36.5 Å². The zero-order valence-electron chi connectivity index (χ0n) is 15.7. The third-order valence-corrected chi connectivity index (χ3v) is 5.81. The molecule has 4 saturated heterocycles. The molecule has 4 aliphatic heterocycles. The second-order valence-electron chi connectivity index (χ2n) is 7.78. The van der Waals surface area contributed by atoms with Crippen molar-refractivity contribution >= 4 is 17.3 Å². The Morgan fingerprint density at radius 2 is 2.14 bits per heavy atom. The molecule has 7 heterocycles. The molecule has 152 valence electrons. The number of anilines is 2. The number of H-pyrrole nitrogens is 1. The highest BCUT2D eigenvalue weighted by atomic mass is 19.1. The van der Waals surface area contributed by atoms with Gasteiger partial charge in [0.2, 0.25) is 5.95 Å². The maximum Gasteiger partial charge on any atom is 0.243 e. The van der Waals surface area contributed by atoms with Gasteiger partial charge < -0.3 is 19.7 Å². The first-order chi connectivity index (χ1) is 14.2. The van der Waals surface area contributed by atoms with Crippen molar-refractivity contribution in [1.82, 2.24) is 29.8 Å². The van der Waals surface area contributed by atoms with E-state index in [1.807, 2.05) is 6.20 Å². The maximum atomic E-state index is 14.2. The van der Waals surface area contributed by atoms with E-state index in [4.69, 9.17) is 14.5 Å². The van der Waals surface area contributed by atoms with Gasteiger partial charge in [-0.3, -0.25) is 5.10 Å². The van der Waals surface area contributed by atoms with Crippen molar-refractivity contribution in [3.05, 3.63) is 18.7 Å². The van der Waals surface area contributed by atoms with E-state index >= 15 is 0 Å². The van der Waals surface area contributed by atoms with Crippen LogP contribution in [0.15, 0.2) is 18.7 Å². The van der Waals surface area contributed by atoms with Crippen LogP contribution in [-0.2, 0) is 9.47 Å². The Labute approximate surface area is 165 Å². The molecule has 2 bridgehead atoms. The number of aromatic amines is 1. The number of piperidine rings is 1. The lowest BCUT2D eigenvalue weighted by atomic mass is 9.98. The molecule has 0 radical (unpaired) electrons. The third-order valence-electron chi connectivity index (χ3n) is 5.81. The molecule has 3 aromatic rings. The summed E-state index contributed by atoms with van der Waals surface area (Å²) in [5.41, 5.74) is 3.26. The number of hydrogen-bond acceptors (Lipinski definition) is 8. The lowest BCUT2D eigenvalue weighted by Crippen LogP contribution is -2.57. The van der Waals surface area contributed by atoms with Crippen molar-refractivity contribution in [3.8, 4) is 11.3 Å². The fourth-order valence-electron chi connectivity index (χ4n) is 4.36. The number of ether oxygens (including phenoxy) is 2. The molecule has 3 aromatic heterocycles. The van der Waals surface area contributed by atoms with Gasteiger partial charge in [0.05, 0.1) is 31.1 Å². The molecule has 0 saturated carbocycles. The van der Waals surface area contributed by atoms with Crippen LogP contribution in [0.5, 0.6) is 0 Å². The molecule has 11 heteroatoms. The van der Waals surface area contributed by atoms with Gasteiger partial charge in [-0.15, -0.1) is 5.10 Å². The lowest BCUT2D eigenvalue weighted by Gasteiger charge is -2.48. The van der Waals surface area contributed by atoms with Gasteiger partial charge in [-0.1, -0.05) is 0 Å². The summed E-state index contributed by atoms with van der Waals surface area (Å²) in [5.74, 6) is 0.394. The SMILES string of the molecule is F[C@@H]1COCC[C@@H]1Nc1nc2c(N3CC4CC(C3)O4)c(-c3cn[nH]c3)ncn2n1. The van der Waals surface area contributed by atoms with Crippen LogP contribution in [0.25, 0.3) is 16.9 Å². The van der Waals surface area contributed by atoms with E-state index < -0.39 is 6.17 Å². The van der Waals surface area contributed by atoms with Crippen LogP contribution >= 0.6 is 0 Å². The van der Waals surface area contributed by atoms with Gasteiger partial charge in [-0.05, 0) is 6.42 Å². The van der Waals surface area contributed by atoms with E-state index in [2.05, 4.69) is 30.5 Å². The van der Waals surface area contributed by atoms with E-state index in [-0.39, 0.29) is 24.9 Å². The second-order valence-corrected chi connectivity index (χ2v) is 7.78. The topological polar surface area (TPSA) is 105 Å². The molecule has 29 heavy (non-hydrogen) atoms. The van der Waals surface area contributed by atoms with Crippen molar-refractivity contribution in [2.45, 2.75) is 37.3 Å². The van der Waals surface area contributed by atoms with Gasteiger partial charge in [0.1, 0.15) is 23.9 Å². The number of halogens is 1. The molecular formula is C18H21FN8O2. The number of alkyl halides is 1. The van der Waals surface area contributed by atoms with E-state index in [1.165, 1.54) is 0 Å². The van der Waals surface area contributed by atoms with Crippen LogP contribution in [0.4, 0.5) is 16.0 Å². The summed E-state index contributed by atoms with van der Waals surface area (Å²) in [4.78, 5) is 11.6. The minimum absolute atomic E-state index is 0.0963. The Balaban J connectivity index is 1.41. The number of rotatable bonds is 4. The molecule has 0 aromatic carbocycles. The largest absolute Gasteiger partial charge is 0.378 e.